The summed E-state index contributed by atoms with van der Waals surface area (Å²) in [6.07, 6.45) is 0. The lowest BCUT2D eigenvalue weighted by Crippen LogP contribution is -2.04. The standard InChI is InChI=1S/C60H40N6/c1-38-25-29-55-49(33-38)46-21-11-13-23-52(46)65(55)54-31-27-42(45-20-10-9-19-44(45)37-61)35-48(54)43-28-32-57(66-53-24-14-12-22-47(53)50-34-39(2)26-30-56(50)66)51(36-43)60-63-58(40-15-5-3-6-16-40)62-59(64-60)41-17-7-4-8-18-41/h3-36H,1-2H3. The second-order valence-electron chi connectivity index (χ2n) is 16.9. The minimum absolute atomic E-state index is 0.553. The van der Waals surface area contributed by atoms with E-state index in [1.807, 2.05) is 84.9 Å². The third-order valence-corrected chi connectivity index (χ3v) is 12.7. The first kappa shape index (κ1) is 38.7. The van der Waals surface area contributed by atoms with E-state index in [9.17, 15) is 5.26 Å². The minimum Gasteiger partial charge on any atom is -0.309 e. The van der Waals surface area contributed by atoms with E-state index in [-0.39, 0.29) is 0 Å². The number of rotatable bonds is 7. The first-order valence-electron chi connectivity index (χ1n) is 22.2. The zero-order chi connectivity index (χ0) is 44.3. The number of hydrogen-bond acceptors (Lipinski definition) is 4. The van der Waals surface area contributed by atoms with Crippen LogP contribution < -0.4 is 0 Å². The molecule has 0 N–H and O–H groups in total. The summed E-state index contributed by atoms with van der Waals surface area (Å²) in [5.41, 5.74) is 15.8. The van der Waals surface area contributed by atoms with Gasteiger partial charge in [0.1, 0.15) is 0 Å². The number of nitriles is 1. The highest BCUT2D eigenvalue weighted by Gasteiger charge is 2.23. The minimum atomic E-state index is 0.553. The van der Waals surface area contributed by atoms with E-state index in [1.54, 1.807) is 0 Å². The first-order valence-corrected chi connectivity index (χ1v) is 22.2. The van der Waals surface area contributed by atoms with E-state index >= 15 is 0 Å². The summed E-state index contributed by atoms with van der Waals surface area (Å²) < 4.78 is 4.74. The topological polar surface area (TPSA) is 72.3 Å². The van der Waals surface area contributed by atoms with Crippen molar-refractivity contribution in [3.8, 4) is 73.9 Å². The van der Waals surface area contributed by atoms with Crippen molar-refractivity contribution in [2.75, 3.05) is 0 Å². The maximum Gasteiger partial charge on any atom is 0.166 e. The summed E-state index contributed by atoms with van der Waals surface area (Å²) >= 11 is 0. The number of hydrogen-bond donors (Lipinski definition) is 0. The fourth-order valence-corrected chi connectivity index (χ4v) is 9.66. The molecule has 310 valence electrons. The van der Waals surface area contributed by atoms with Crippen LogP contribution >= 0.6 is 0 Å². The van der Waals surface area contributed by atoms with Gasteiger partial charge in [0, 0.05) is 43.8 Å². The van der Waals surface area contributed by atoms with Crippen LogP contribution in [0.3, 0.4) is 0 Å². The number of aryl methyl sites for hydroxylation is 2. The molecule has 0 unspecified atom stereocenters. The van der Waals surface area contributed by atoms with Crippen molar-refractivity contribution in [2.24, 2.45) is 0 Å². The van der Waals surface area contributed by atoms with Gasteiger partial charge in [0.05, 0.1) is 45.1 Å². The van der Waals surface area contributed by atoms with Gasteiger partial charge in [-0.1, -0.05) is 151 Å². The Balaban J connectivity index is 1.20. The Morgan fingerprint density at radius 1 is 0.348 bits per heavy atom. The van der Waals surface area contributed by atoms with Crippen LogP contribution in [0.2, 0.25) is 0 Å². The summed E-state index contributed by atoms with van der Waals surface area (Å²) in [4.78, 5) is 15.8. The molecule has 12 rings (SSSR count). The highest BCUT2D eigenvalue weighted by atomic mass is 15.1. The van der Waals surface area contributed by atoms with Gasteiger partial charge in [-0.15, -0.1) is 0 Å². The summed E-state index contributed by atoms with van der Waals surface area (Å²) in [5, 5.41) is 15.0. The number of para-hydroxylation sites is 2. The van der Waals surface area contributed by atoms with Gasteiger partial charge in [-0.05, 0) is 97.3 Å². The molecule has 0 saturated carbocycles. The van der Waals surface area contributed by atoms with Gasteiger partial charge in [0.2, 0.25) is 0 Å². The Kier molecular flexibility index (Phi) is 9.22. The predicted octanol–water partition coefficient (Wildman–Crippen LogP) is 14.9. The van der Waals surface area contributed by atoms with Gasteiger partial charge in [-0.2, -0.15) is 5.26 Å². The van der Waals surface area contributed by atoms with E-state index in [1.165, 1.54) is 32.7 Å². The maximum absolute atomic E-state index is 10.3. The molecule has 66 heavy (non-hydrogen) atoms. The molecule has 0 saturated heterocycles. The van der Waals surface area contributed by atoms with Crippen molar-refractivity contribution in [1.29, 1.82) is 5.26 Å². The first-order chi connectivity index (χ1) is 32.5. The molecular formula is C60H40N6. The fourth-order valence-electron chi connectivity index (χ4n) is 9.66. The van der Waals surface area contributed by atoms with Gasteiger partial charge in [-0.3, -0.25) is 0 Å². The molecule has 0 aliphatic carbocycles. The van der Waals surface area contributed by atoms with Crippen molar-refractivity contribution in [3.63, 3.8) is 0 Å². The van der Waals surface area contributed by atoms with E-state index < -0.39 is 0 Å². The van der Waals surface area contributed by atoms with Gasteiger partial charge < -0.3 is 9.13 Å². The Morgan fingerprint density at radius 3 is 1.35 bits per heavy atom. The largest absolute Gasteiger partial charge is 0.309 e. The van der Waals surface area contributed by atoms with Crippen LogP contribution in [-0.4, -0.2) is 24.1 Å². The average Bonchev–Trinajstić information content (AvgIpc) is 3.88. The highest BCUT2D eigenvalue weighted by Crippen LogP contribution is 2.43. The van der Waals surface area contributed by atoms with Crippen molar-refractivity contribution in [1.82, 2.24) is 24.1 Å². The normalized spacial score (nSPS) is 11.5. The lowest BCUT2D eigenvalue weighted by atomic mass is 9.93. The zero-order valence-corrected chi connectivity index (χ0v) is 36.3. The Bertz CT molecular complexity index is 3850. The van der Waals surface area contributed by atoms with Crippen molar-refractivity contribution in [3.05, 3.63) is 223 Å². The summed E-state index contributed by atoms with van der Waals surface area (Å²) in [5.74, 6) is 1.73. The molecule has 0 aliphatic rings. The average molecular weight is 845 g/mol. The van der Waals surface area contributed by atoms with E-state index in [0.717, 1.165) is 72.4 Å². The smallest absolute Gasteiger partial charge is 0.166 e. The number of fused-ring (bicyclic) bond motifs is 6. The lowest BCUT2D eigenvalue weighted by Gasteiger charge is -2.19. The SMILES string of the molecule is Cc1ccc2c(c1)c1ccccc1n2-c1ccc(-c2ccccc2C#N)cc1-c1ccc(-n2c3ccccc3c3cc(C)ccc32)c(-c2nc(-c3ccccc3)nc(-c3ccccc3)n2)c1. The molecule has 0 atom stereocenters. The van der Waals surface area contributed by atoms with Crippen LogP contribution in [0.4, 0.5) is 0 Å². The monoisotopic (exact) mass is 844 g/mol. The third kappa shape index (κ3) is 6.45. The molecule has 0 aliphatic heterocycles. The molecule has 12 aromatic rings. The van der Waals surface area contributed by atoms with E-state index in [2.05, 4.69) is 150 Å². The number of aromatic nitrogens is 5. The van der Waals surface area contributed by atoms with E-state index in [0.29, 0.717) is 23.0 Å². The Hall–Kier alpha value is -8.92. The number of benzene rings is 9. The summed E-state index contributed by atoms with van der Waals surface area (Å²) in [7, 11) is 0. The van der Waals surface area contributed by atoms with Crippen LogP contribution in [0.1, 0.15) is 16.7 Å². The van der Waals surface area contributed by atoms with Gasteiger partial charge >= 0.3 is 0 Å². The highest BCUT2D eigenvalue weighted by molar-refractivity contribution is 6.11. The predicted molar refractivity (Wildman–Crippen MR) is 270 cm³/mol. The summed E-state index contributed by atoms with van der Waals surface area (Å²) in [6.45, 7) is 4.29. The van der Waals surface area contributed by atoms with Crippen LogP contribution in [0.5, 0.6) is 0 Å². The van der Waals surface area contributed by atoms with Crippen molar-refractivity contribution in [2.45, 2.75) is 13.8 Å². The van der Waals surface area contributed by atoms with Gasteiger partial charge in [0.25, 0.3) is 0 Å². The lowest BCUT2D eigenvalue weighted by molar-refractivity contribution is 1.06. The molecule has 0 radical (unpaired) electrons. The van der Waals surface area contributed by atoms with Crippen LogP contribution in [-0.2, 0) is 0 Å². The molecule has 6 heteroatoms. The second-order valence-corrected chi connectivity index (χ2v) is 16.9. The van der Waals surface area contributed by atoms with E-state index in [4.69, 9.17) is 15.0 Å². The van der Waals surface area contributed by atoms with Gasteiger partial charge in [-0.25, -0.2) is 15.0 Å². The van der Waals surface area contributed by atoms with Crippen molar-refractivity contribution < 1.29 is 0 Å². The molecule has 0 bridgehead atoms. The Labute approximate surface area is 382 Å². The van der Waals surface area contributed by atoms with Crippen LogP contribution in [0.15, 0.2) is 206 Å². The van der Waals surface area contributed by atoms with Gasteiger partial charge in [0.15, 0.2) is 17.5 Å². The second kappa shape index (κ2) is 15.7. The number of nitrogens with zero attached hydrogens (tertiary/aromatic N) is 6. The molecule has 3 aromatic heterocycles. The third-order valence-electron chi connectivity index (χ3n) is 12.7. The molecular weight excluding hydrogens is 805 g/mol. The Morgan fingerprint density at radius 2 is 0.788 bits per heavy atom. The maximum atomic E-state index is 10.3. The van der Waals surface area contributed by atoms with Crippen LogP contribution in [0.25, 0.3) is 111 Å². The van der Waals surface area contributed by atoms with Crippen LogP contribution in [0, 0.1) is 25.2 Å². The molecule has 0 spiro atoms. The fraction of sp³-hybridized carbons (Fsp3) is 0.0333. The quantitative estimate of drug-likeness (QED) is 0.160. The molecule has 0 fully saturated rings. The zero-order valence-electron chi connectivity index (χ0n) is 36.3. The summed E-state index contributed by atoms with van der Waals surface area (Å²) in [6, 6.07) is 74.4. The van der Waals surface area contributed by atoms with Crippen molar-refractivity contribution >= 4 is 43.6 Å². The molecule has 9 aromatic carbocycles. The molecule has 0 amide bonds. The molecule has 6 nitrogen and oxygen atoms in total. The molecule has 3 heterocycles.